The van der Waals surface area contributed by atoms with Crippen LogP contribution in [0.25, 0.3) is 0 Å². The van der Waals surface area contributed by atoms with E-state index < -0.39 is 5.82 Å². The molecule has 3 rings (SSSR count). The minimum Gasteiger partial charge on any atom is -0.456 e. The Kier molecular flexibility index (Phi) is 5.16. The van der Waals surface area contributed by atoms with Gasteiger partial charge in [0.05, 0.1) is 5.56 Å². The number of amides is 2. The van der Waals surface area contributed by atoms with Crippen LogP contribution in [0.4, 0.5) is 4.39 Å². The van der Waals surface area contributed by atoms with E-state index in [1.165, 1.54) is 12.1 Å². The first-order valence-electron chi connectivity index (χ1n) is 8.52. The molecule has 1 saturated heterocycles. The molecule has 0 atom stereocenters. The highest BCUT2D eigenvalue weighted by atomic mass is 19.1. The minimum absolute atomic E-state index is 0.0703. The van der Waals surface area contributed by atoms with Crippen LogP contribution >= 0.6 is 0 Å². The predicted molar refractivity (Wildman–Crippen MR) is 90.9 cm³/mol. The van der Waals surface area contributed by atoms with E-state index in [0.717, 1.165) is 12.2 Å². The minimum atomic E-state index is -0.521. The molecule has 2 amide bonds. The smallest absolute Gasteiger partial charge is 0.289 e. The summed E-state index contributed by atoms with van der Waals surface area (Å²) in [6.45, 7) is 3.78. The molecule has 1 fully saturated rings. The van der Waals surface area contributed by atoms with Crippen LogP contribution in [0.5, 0.6) is 0 Å². The summed E-state index contributed by atoms with van der Waals surface area (Å²) in [5.74, 6) is 0.0752. The second-order valence-corrected chi connectivity index (χ2v) is 6.04. The Hall–Kier alpha value is -2.63. The summed E-state index contributed by atoms with van der Waals surface area (Å²) in [6.07, 6.45) is 1.38. The van der Waals surface area contributed by atoms with E-state index in [2.05, 4.69) is 0 Å². The molecule has 1 aromatic heterocycles. The molecule has 6 heteroatoms. The van der Waals surface area contributed by atoms with Crippen molar-refractivity contribution < 1.29 is 18.4 Å². The van der Waals surface area contributed by atoms with Gasteiger partial charge in [0.25, 0.3) is 11.8 Å². The number of benzene rings is 1. The first-order valence-corrected chi connectivity index (χ1v) is 8.52. The van der Waals surface area contributed by atoms with Crippen LogP contribution < -0.4 is 0 Å². The SMILES string of the molecule is CCc1ccc(C(=O)N2CCCN(C(=O)c3ccccc3F)CC2)o1. The normalized spacial score (nSPS) is 15.1. The molecule has 2 aromatic rings. The van der Waals surface area contributed by atoms with E-state index in [0.29, 0.717) is 38.4 Å². The van der Waals surface area contributed by atoms with Crippen LogP contribution in [0.15, 0.2) is 40.8 Å². The summed E-state index contributed by atoms with van der Waals surface area (Å²) in [5, 5.41) is 0. The van der Waals surface area contributed by atoms with Crippen LogP contribution in [0.3, 0.4) is 0 Å². The van der Waals surface area contributed by atoms with Crippen LogP contribution in [0, 0.1) is 5.82 Å². The topological polar surface area (TPSA) is 53.8 Å². The fourth-order valence-electron chi connectivity index (χ4n) is 2.97. The molecule has 0 saturated carbocycles. The lowest BCUT2D eigenvalue weighted by Crippen LogP contribution is -2.37. The average molecular weight is 344 g/mol. The van der Waals surface area contributed by atoms with Crippen LogP contribution in [-0.2, 0) is 6.42 Å². The molecular weight excluding hydrogens is 323 g/mol. The van der Waals surface area contributed by atoms with Crippen molar-refractivity contribution in [2.75, 3.05) is 26.2 Å². The standard InChI is InChI=1S/C19H21FN2O3/c1-2-14-8-9-17(25-14)19(24)22-11-5-10-21(12-13-22)18(23)15-6-3-4-7-16(15)20/h3-4,6-9H,2,5,10-13H2,1H3. The highest BCUT2D eigenvalue weighted by molar-refractivity contribution is 5.95. The Morgan fingerprint density at radius 2 is 1.68 bits per heavy atom. The Labute approximate surface area is 146 Å². The van der Waals surface area contributed by atoms with Gasteiger partial charge in [-0.25, -0.2) is 4.39 Å². The van der Waals surface area contributed by atoms with Crippen molar-refractivity contribution in [2.24, 2.45) is 0 Å². The molecule has 0 radical (unpaired) electrons. The average Bonchev–Trinajstić information content (AvgIpc) is 2.98. The van der Waals surface area contributed by atoms with E-state index in [4.69, 9.17) is 4.42 Å². The molecule has 0 aliphatic carbocycles. The molecule has 25 heavy (non-hydrogen) atoms. The predicted octanol–water partition coefficient (Wildman–Crippen LogP) is 2.97. The van der Waals surface area contributed by atoms with Crippen LogP contribution in [0.1, 0.15) is 40.0 Å². The summed E-state index contributed by atoms with van der Waals surface area (Å²) < 4.78 is 19.4. The third kappa shape index (κ3) is 3.73. The van der Waals surface area contributed by atoms with E-state index >= 15 is 0 Å². The molecule has 0 N–H and O–H groups in total. The zero-order valence-corrected chi connectivity index (χ0v) is 14.2. The molecule has 5 nitrogen and oxygen atoms in total. The zero-order valence-electron chi connectivity index (χ0n) is 14.2. The fraction of sp³-hybridized carbons (Fsp3) is 0.368. The third-order valence-electron chi connectivity index (χ3n) is 4.40. The molecule has 1 aromatic carbocycles. The fourth-order valence-corrected chi connectivity index (χ4v) is 2.97. The number of aryl methyl sites for hydroxylation is 1. The molecule has 0 unspecified atom stereocenters. The maximum absolute atomic E-state index is 13.8. The summed E-state index contributed by atoms with van der Waals surface area (Å²) >= 11 is 0. The van der Waals surface area contributed by atoms with Crippen LogP contribution in [0.2, 0.25) is 0 Å². The molecule has 0 spiro atoms. The molecule has 1 aliphatic rings. The largest absolute Gasteiger partial charge is 0.456 e. The van der Waals surface area contributed by atoms with Gasteiger partial charge in [-0.15, -0.1) is 0 Å². The Morgan fingerprint density at radius 1 is 1.00 bits per heavy atom. The van der Waals surface area contributed by atoms with Gasteiger partial charge in [-0.05, 0) is 30.7 Å². The van der Waals surface area contributed by atoms with Gasteiger partial charge in [0.15, 0.2) is 5.76 Å². The number of hydrogen-bond acceptors (Lipinski definition) is 3. The van der Waals surface area contributed by atoms with Crippen molar-refractivity contribution in [1.29, 1.82) is 0 Å². The summed E-state index contributed by atoms with van der Waals surface area (Å²) in [6, 6.07) is 9.46. The van der Waals surface area contributed by atoms with Gasteiger partial charge in [0, 0.05) is 32.6 Å². The molecular formula is C19H21FN2O3. The highest BCUT2D eigenvalue weighted by Crippen LogP contribution is 2.15. The van der Waals surface area contributed by atoms with E-state index in [9.17, 15) is 14.0 Å². The van der Waals surface area contributed by atoms with Gasteiger partial charge >= 0.3 is 0 Å². The van der Waals surface area contributed by atoms with Crippen molar-refractivity contribution in [1.82, 2.24) is 9.80 Å². The van der Waals surface area contributed by atoms with Crippen molar-refractivity contribution in [2.45, 2.75) is 19.8 Å². The van der Waals surface area contributed by atoms with Gasteiger partial charge in [-0.3, -0.25) is 9.59 Å². The van der Waals surface area contributed by atoms with E-state index in [1.807, 2.05) is 6.92 Å². The number of carbonyl (C=O) groups excluding carboxylic acids is 2. The Balaban J connectivity index is 1.67. The van der Waals surface area contributed by atoms with E-state index in [1.54, 1.807) is 34.1 Å². The van der Waals surface area contributed by atoms with Crippen molar-refractivity contribution in [3.63, 3.8) is 0 Å². The van der Waals surface area contributed by atoms with Crippen molar-refractivity contribution >= 4 is 11.8 Å². The Bertz CT molecular complexity index is 772. The number of rotatable bonds is 3. The molecule has 132 valence electrons. The molecule has 1 aliphatic heterocycles. The molecule has 0 bridgehead atoms. The first kappa shape index (κ1) is 17.2. The zero-order chi connectivity index (χ0) is 17.8. The number of hydrogen-bond donors (Lipinski definition) is 0. The summed E-state index contributed by atoms with van der Waals surface area (Å²) in [5.41, 5.74) is 0.0703. The lowest BCUT2D eigenvalue weighted by atomic mass is 10.2. The van der Waals surface area contributed by atoms with E-state index in [-0.39, 0.29) is 17.4 Å². The molecule has 2 heterocycles. The third-order valence-corrected chi connectivity index (χ3v) is 4.40. The Morgan fingerprint density at radius 3 is 2.32 bits per heavy atom. The maximum atomic E-state index is 13.8. The van der Waals surface area contributed by atoms with Gasteiger partial charge < -0.3 is 14.2 Å². The van der Waals surface area contributed by atoms with Gasteiger partial charge in [-0.2, -0.15) is 0 Å². The van der Waals surface area contributed by atoms with Crippen molar-refractivity contribution in [3.05, 3.63) is 59.3 Å². The van der Waals surface area contributed by atoms with Crippen molar-refractivity contribution in [3.8, 4) is 0 Å². The number of carbonyl (C=O) groups is 2. The number of nitrogens with zero attached hydrogens (tertiary/aromatic N) is 2. The maximum Gasteiger partial charge on any atom is 0.289 e. The number of halogens is 1. The summed E-state index contributed by atoms with van der Waals surface area (Å²) in [7, 11) is 0. The van der Waals surface area contributed by atoms with Gasteiger partial charge in [-0.1, -0.05) is 19.1 Å². The second-order valence-electron chi connectivity index (χ2n) is 6.04. The van der Waals surface area contributed by atoms with Gasteiger partial charge in [0.1, 0.15) is 11.6 Å². The lowest BCUT2D eigenvalue weighted by molar-refractivity contribution is 0.0697. The number of furan rings is 1. The van der Waals surface area contributed by atoms with Gasteiger partial charge in [0.2, 0.25) is 0 Å². The lowest BCUT2D eigenvalue weighted by Gasteiger charge is -2.22. The monoisotopic (exact) mass is 344 g/mol. The van der Waals surface area contributed by atoms with Crippen LogP contribution in [-0.4, -0.2) is 47.8 Å². The second kappa shape index (κ2) is 7.51. The quantitative estimate of drug-likeness (QED) is 0.860. The highest BCUT2D eigenvalue weighted by Gasteiger charge is 2.26. The first-order chi connectivity index (χ1) is 12.1. The summed E-state index contributed by atoms with van der Waals surface area (Å²) in [4.78, 5) is 28.4.